The Morgan fingerprint density at radius 1 is 1.21 bits per heavy atom. The number of nitrogens with zero attached hydrogens (tertiary/aromatic N) is 2. The Morgan fingerprint density at radius 2 is 2.08 bits per heavy atom. The van der Waals surface area contributed by atoms with Gasteiger partial charge in [0.1, 0.15) is 0 Å². The zero-order valence-electron chi connectivity index (χ0n) is 13.6. The molecule has 0 aliphatic rings. The number of fused-ring (bicyclic) bond motifs is 2. The predicted octanol–water partition coefficient (Wildman–Crippen LogP) is 3.29. The van der Waals surface area contributed by atoms with E-state index < -0.39 is 0 Å². The molecule has 2 aromatic heterocycles. The lowest BCUT2D eigenvalue weighted by Gasteiger charge is -2.06. The molecule has 0 aliphatic heterocycles. The minimum absolute atomic E-state index is 0.0872. The van der Waals surface area contributed by atoms with Gasteiger partial charge in [-0.25, -0.2) is 4.98 Å². The molecule has 2 N–H and O–H groups in total. The van der Waals surface area contributed by atoms with E-state index in [1.165, 1.54) is 16.6 Å². The van der Waals surface area contributed by atoms with Gasteiger partial charge in [0.15, 0.2) is 0 Å². The summed E-state index contributed by atoms with van der Waals surface area (Å²) in [4.78, 5) is 19.5. The number of aromatic nitrogens is 3. The van der Waals surface area contributed by atoms with Gasteiger partial charge in [0.25, 0.3) is 5.91 Å². The number of benzene rings is 2. The number of rotatable bonds is 3. The van der Waals surface area contributed by atoms with Gasteiger partial charge in [-0.2, -0.15) is 0 Å². The summed E-state index contributed by atoms with van der Waals surface area (Å²) < 4.78 is 2.16. The molecule has 120 valence electrons. The monoisotopic (exact) mass is 318 g/mol. The zero-order valence-corrected chi connectivity index (χ0v) is 13.6. The molecule has 0 aliphatic carbocycles. The zero-order chi connectivity index (χ0) is 16.7. The fourth-order valence-electron chi connectivity index (χ4n) is 3.01. The normalized spacial score (nSPS) is 11.2. The van der Waals surface area contributed by atoms with Crippen LogP contribution in [0.25, 0.3) is 21.9 Å². The standard InChI is InChI=1S/C19H18N4O/c1-12-7-15-8-13(3-6-18(15)23(12)2)10-20-19(24)14-4-5-16-17(9-14)22-11-21-16/h3-9,11H,10H2,1-2H3,(H,20,24)(H,21,22). The lowest BCUT2D eigenvalue weighted by atomic mass is 10.1. The summed E-state index contributed by atoms with van der Waals surface area (Å²) in [5.41, 5.74) is 5.86. The van der Waals surface area contributed by atoms with E-state index in [0.717, 1.165) is 16.6 Å². The lowest BCUT2D eigenvalue weighted by molar-refractivity contribution is 0.0951. The van der Waals surface area contributed by atoms with Gasteiger partial charge in [-0.15, -0.1) is 0 Å². The van der Waals surface area contributed by atoms with Crippen LogP contribution in [0.4, 0.5) is 0 Å². The van der Waals surface area contributed by atoms with Crippen molar-refractivity contribution in [3.63, 3.8) is 0 Å². The molecule has 0 bridgehead atoms. The second-order valence-electron chi connectivity index (χ2n) is 6.06. The average molecular weight is 318 g/mol. The predicted molar refractivity (Wildman–Crippen MR) is 94.9 cm³/mol. The molecule has 0 unspecified atom stereocenters. The lowest BCUT2D eigenvalue weighted by Crippen LogP contribution is -2.22. The van der Waals surface area contributed by atoms with Crippen molar-refractivity contribution in [1.29, 1.82) is 0 Å². The van der Waals surface area contributed by atoms with Gasteiger partial charge in [0.05, 0.1) is 17.4 Å². The summed E-state index contributed by atoms with van der Waals surface area (Å²) in [6.45, 7) is 2.59. The van der Waals surface area contributed by atoms with E-state index in [4.69, 9.17) is 0 Å². The first-order valence-corrected chi connectivity index (χ1v) is 7.88. The van der Waals surface area contributed by atoms with Crippen LogP contribution in [0.5, 0.6) is 0 Å². The minimum atomic E-state index is -0.0872. The quantitative estimate of drug-likeness (QED) is 0.609. The van der Waals surface area contributed by atoms with Crippen LogP contribution in [0.15, 0.2) is 48.8 Å². The Labute approximate surface area is 139 Å². The Balaban J connectivity index is 1.52. The van der Waals surface area contributed by atoms with Gasteiger partial charge >= 0.3 is 0 Å². The molecule has 0 saturated heterocycles. The Hall–Kier alpha value is -3.08. The van der Waals surface area contributed by atoms with E-state index in [1.807, 2.05) is 12.1 Å². The van der Waals surface area contributed by atoms with Gasteiger partial charge in [-0.1, -0.05) is 6.07 Å². The number of amides is 1. The molecule has 24 heavy (non-hydrogen) atoms. The highest BCUT2D eigenvalue weighted by Gasteiger charge is 2.08. The van der Waals surface area contributed by atoms with Crippen LogP contribution in [0.2, 0.25) is 0 Å². The molecule has 4 aromatic rings. The molecular formula is C19H18N4O. The van der Waals surface area contributed by atoms with E-state index >= 15 is 0 Å². The molecule has 1 amide bonds. The largest absolute Gasteiger partial charge is 0.348 e. The maximum Gasteiger partial charge on any atom is 0.251 e. The smallest absolute Gasteiger partial charge is 0.251 e. The van der Waals surface area contributed by atoms with E-state index in [9.17, 15) is 4.79 Å². The number of hydrogen-bond acceptors (Lipinski definition) is 2. The van der Waals surface area contributed by atoms with E-state index in [-0.39, 0.29) is 5.91 Å². The van der Waals surface area contributed by atoms with Gasteiger partial charge in [-0.3, -0.25) is 4.79 Å². The number of H-pyrrole nitrogens is 1. The molecule has 0 saturated carbocycles. The second-order valence-corrected chi connectivity index (χ2v) is 6.06. The van der Waals surface area contributed by atoms with Crippen LogP contribution in [0.1, 0.15) is 21.6 Å². The van der Waals surface area contributed by atoms with Crippen molar-refractivity contribution in [3.05, 3.63) is 65.6 Å². The molecule has 0 atom stereocenters. The molecule has 2 aromatic carbocycles. The van der Waals surface area contributed by atoms with E-state index in [1.54, 1.807) is 12.4 Å². The molecule has 0 spiro atoms. The second kappa shape index (κ2) is 5.53. The van der Waals surface area contributed by atoms with Crippen LogP contribution in [0.3, 0.4) is 0 Å². The first kappa shape index (κ1) is 14.5. The van der Waals surface area contributed by atoms with Gasteiger partial charge in [0, 0.05) is 35.8 Å². The minimum Gasteiger partial charge on any atom is -0.348 e. The SMILES string of the molecule is Cc1cc2cc(CNC(=O)c3ccc4nc[nH]c4c3)ccc2n1C. The fourth-order valence-corrected chi connectivity index (χ4v) is 3.01. The maximum absolute atomic E-state index is 12.4. The van der Waals surface area contributed by atoms with Gasteiger partial charge < -0.3 is 14.9 Å². The molecule has 2 heterocycles. The number of aromatic amines is 1. The molecule has 0 radical (unpaired) electrons. The third kappa shape index (κ3) is 2.44. The number of aryl methyl sites for hydroxylation is 2. The van der Waals surface area contributed by atoms with E-state index in [2.05, 4.69) is 58.1 Å². The van der Waals surface area contributed by atoms with Crippen LogP contribution in [0, 0.1) is 6.92 Å². The first-order chi connectivity index (χ1) is 11.6. The third-order valence-electron chi connectivity index (χ3n) is 4.48. The topological polar surface area (TPSA) is 62.7 Å². The Morgan fingerprint density at radius 3 is 2.96 bits per heavy atom. The number of carbonyl (C=O) groups is 1. The average Bonchev–Trinajstić information content (AvgIpc) is 3.16. The van der Waals surface area contributed by atoms with Crippen LogP contribution in [-0.2, 0) is 13.6 Å². The summed E-state index contributed by atoms with van der Waals surface area (Å²) in [5.74, 6) is -0.0872. The fraction of sp³-hybridized carbons (Fsp3) is 0.158. The highest BCUT2D eigenvalue weighted by atomic mass is 16.1. The van der Waals surface area contributed by atoms with Crippen molar-refractivity contribution < 1.29 is 4.79 Å². The molecular weight excluding hydrogens is 300 g/mol. The highest BCUT2D eigenvalue weighted by Crippen LogP contribution is 2.20. The first-order valence-electron chi connectivity index (χ1n) is 7.88. The summed E-state index contributed by atoms with van der Waals surface area (Å²) in [7, 11) is 2.06. The number of imidazole rings is 1. The van der Waals surface area contributed by atoms with Crippen LogP contribution >= 0.6 is 0 Å². The maximum atomic E-state index is 12.4. The highest BCUT2D eigenvalue weighted by molar-refractivity contribution is 5.97. The van der Waals surface area contributed by atoms with Crippen LogP contribution in [-0.4, -0.2) is 20.4 Å². The van der Waals surface area contributed by atoms with Crippen LogP contribution < -0.4 is 5.32 Å². The molecule has 5 nitrogen and oxygen atoms in total. The van der Waals surface area contributed by atoms with Crippen molar-refractivity contribution in [3.8, 4) is 0 Å². The van der Waals surface area contributed by atoms with Crippen molar-refractivity contribution in [2.24, 2.45) is 7.05 Å². The van der Waals surface area contributed by atoms with Crippen molar-refractivity contribution >= 4 is 27.8 Å². The van der Waals surface area contributed by atoms with Crippen molar-refractivity contribution in [2.75, 3.05) is 0 Å². The molecule has 4 rings (SSSR count). The Bertz CT molecular complexity index is 1060. The summed E-state index contributed by atoms with van der Waals surface area (Å²) in [6, 6.07) is 13.9. The van der Waals surface area contributed by atoms with Crippen molar-refractivity contribution in [2.45, 2.75) is 13.5 Å². The Kier molecular flexibility index (Phi) is 3.34. The molecule has 0 fully saturated rings. The summed E-state index contributed by atoms with van der Waals surface area (Å²) >= 11 is 0. The summed E-state index contributed by atoms with van der Waals surface area (Å²) in [5, 5.41) is 4.17. The third-order valence-corrected chi connectivity index (χ3v) is 4.48. The van der Waals surface area contributed by atoms with Gasteiger partial charge in [0.2, 0.25) is 0 Å². The van der Waals surface area contributed by atoms with Crippen molar-refractivity contribution in [1.82, 2.24) is 19.9 Å². The summed E-state index contributed by atoms with van der Waals surface area (Å²) in [6.07, 6.45) is 1.63. The van der Waals surface area contributed by atoms with E-state index in [0.29, 0.717) is 12.1 Å². The number of nitrogens with one attached hydrogen (secondary N) is 2. The van der Waals surface area contributed by atoms with Gasteiger partial charge in [-0.05, 0) is 48.9 Å². The number of carbonyl (C=O) groups excluding carboxylic acids is 1. The number of hydrogen-bond donors (Lipinski definition) is 2. The molecule has 5 heteroatoms.